The molecule has 0 spiro atoms. The first-order chi connectivity index (χ1) is 15.1. The summed E-state index contributed by atoms with van der Waals surface area (Å²) in [6.45, 7) is 3.65. The minimum Gasteiger partial charge on any atom is -0.466 e. The van der Waals surface area contributed by atoms with Crippen molar-refractivity contribution < 1.29 is 9.53 Å². The molecule has 0 radical (unpaired) electrons. The van der Waals surface area contributed by atoms with E-state index in [-0.39, 0.29) is 11.4 Å². The molecular formula is C26H27N3O2. The van der Waals surface area contributed by atoms with Gasteiger partial charge in [0.15, 0.2) is 0 Å². The third-order valence-electron chi connectivity index (χ3n) is 6.12. The lowest BCUT2D eigenvalue weighted by atomic mass is 9.86. The SMILES string of the molecule is CCOC(=O)C1(CNCc2ccc3nc(-c4ccc(C#N)cc4)ccc3c2)CCCC1. The fourth-order valence-electron chi connectivity index (χ4n) is 4.40. The maximum atomic E-state index is 12.5. The van der Waals surface area contributed by atoms with E-state index in [4.69, 9.17) is 15.0 Å². The van der Waals surface area contributed by atoms with Gasteiger partial charge < -0.3 is 10.1 Å². The number of hydrogen-bond donors (Lipinski definition) is 1. The predicted octanol–water partition coefficient (Wildman–Crippen LogP) is 4.99. The Morgan fingerprint density at radius 2 is 1.90 bits per heavy atom. The number of esters is 1. The molecule has 1 heterocycles. The summed E-state index contributed by atoms with van der Waals surface area (Å²) in [5.41, 5.74) is 4.25. The third kappa shape index (κ3) is 4.60. The predicted molar refractivity (Wildman–Crippen MR) is 121 cm³/mol. The van der Waals surface area contributed by atoms with E-state index in [1.54, 1.807) is 0 Å². The van der Waals surface area contributed by atoms with Gasteiger partial charge in [-0.2, -0.15) is 5.26 Å². The van der Waals surface area contributed by atoms with Gasteiger partial charge in [0.2, 0.25) is 0 Å². The fraction of sp³-hybridized carbons (Fsp3) is 0.346. The van der Waals surface area contributed by atoms with Crippen LogP contribution < -0.4 is 5.32 Å². The molecule has 1 aliphatic rings. The van der Waals surface area contributed by atoms with Crippen molar-refractivity contribution in [2.24, 2.45) is 5.41 Å². The van der Waals surface area contributed by atoms with Crippen molar-refractivity contribution in [2.75, 3.05) is 13.2 Å². The number of aromatic nitrogens is 1. The molecule has 1 N–H and O–H groups in total. The number of fused-ring (bicyclic) bond motifs is 1. The molecule has 0 bridgehead atoms. The van der Waals surface area contributed by atoms with Gasteiger partial charge in [-0.25, -0.2) is 4.98 Å². The highest BCUT2D eigenvalue weighted by Gasteiger charge is 2.42. The van der Waals surface area contributed by atoms with Crippen molar-refractivity contribution in [1.29, 1.82) is 5.26 Å². The number of carbonyl (C=O) groups excluding carboxylic acids is 1. The van der Waals surface area contributed by atoms with Crippen LogP contribution in [0, 0.1) is 16.7 Å². The molecular weight excluding hydrogens is 386 g/mol. The highest BCUT2D eigenvalue weighted by Crippen LogP contribution is 2.38. The van der Waals surface area contributed by atoms with Gasteiger partial charge >= 0.3 is 5.97 Å². The molecule has 1 aliphatic carbocycles. The lowest BCUT2D eigenvalue weighted by molar-refractivity contribution is -0.154. The van der Waals surface area contributed by atoms with Crippen LogP contribution in [0.15, 0.2) is 54.6 Å². The number of carbonyl (C=O) groups is 1. The van der Waals surface area contributed by atoms with Crippen LogP contribution in [0.5, 0.6) is 0 Å². The smallest absolute Gasteiger partial charge is 0.313 e. The molecule has 1 saturated carbocycles. The summed E-state index contributed by atoms with van der Waals surface area (Å²) < 4.78 is 5.35. The number of ether oxygens (including phenoxy) is 1. The van der Waals surface area contributed by atoms with Crippen LogP contribution >= 0.6 is 0 Å². The lowest BCUT2D eigenvalue weighted by Crippen LogP contribution is -2.40. The molecule has 0 saturated heterocycles. The molecule has 5 heteroatoms. The molecule has 0 atom stereocenters. The zero-order chi connectivity index (χ0) is 21.7. The first kappa shape index (κ1) is 21.0. The molecule has 1 fully saturated rings. The highest BCUT2D eigenvalue weighted by molar-refractivity contribution is 5.82. The van der Waals surface area contributed by atoms with E-state index in [9.17, 15) is 4.79 Å². The van der Waals surface area contributed by atoms with E-state index in [2.05, 4.69) is 29.6 Å². The Labute approximate surface area is 183 Å². The summed E-state index contributed by atoms with van der Waals surface area (Å²) in [7, 11) is 0. The Morgan fingerprint density at radius 1 is 1.13 bits per heavy atom. The Hall–Kier alpha value is -3.23. The van der Waals surface area contributed by atoms with E-state index in [0.717, 1.165) is 53.4 Å². The minimum atomic E-state index is -0.371. The molecule has 0 unspecified atom stereocenters. The number of pyridine rings is 1. The Morgan fingerprint density at radius 3 is 2.61 bits per heavy atom. The average molecular weight is 414 g/mol. The van der Waals surface area contributed by atoms with Crippen molar-refractivity contribution in [2.45, 2.75) is 39.2 Å². The van der Waals surface area contributed by atoms with Gasteiger partial charge in [-0.1, -0.05) is 37.1 Å². The Kier molecular flexibility index (Phi) is 6.29. The zero-order valence-electron chi connectivity index (χ0n) is 17.9. The van der Waals surface area contributed by atoms with Gasteiger partial charge in [0, 0.05) is 24.0 Å². The second-order valence-corrected chi connectivity index (χ2v) is 8.22. The largest absolute Gasteiger partial charge is 0.466 e. The van der Waals surface area contributed by atoms with Crippen LogP contribution in [0.2, 0.25) is 0 Å². The lowest BCUT2D eigenvalue weighted by Gasteiger charge is -2.26. The third-order valence-corrected chi connectivity index (χ3v) is 6.12. The number of rotatable bonds is 7. The first-order valence-corrected chi connectivity index (χ1v) is 10.9. The van der Waals surface area contributed by atoms with E-state index in [0.29, 0.717) is 25.3 Å². The second kappa shape index (κ2) is 9.28. The standard InChI is InChI=1S/C26H27N3O2/c1-2-31-25(30)26(13-3-4-14-26)18-28-17-20-7-11-24-22(15-20)10-12-23(29-24)21-8-5-19(16-27)6-9-21/h5-12,15,28H,2-4,13-14,17-18H2,1H3. The summed E-state index contributed by atoms with van der Waals surface area (Å²) in [5, 5.41) is 13.5. The highest BCUT2D eigenvalue weighted by atomic mass is 16.5. The van der Waals surface area contributed by atoms with Crippen LogP contribution in [0.3, 0.4) is 0 Å². The summed E-state index contributed by atoms with van der Waals surface area (Å²) in [5.74, 6) is -0.0574. The number of nitrogens with one attached hydrogen (secondary N) is 1. The second-order valence-electron chi connectivity index (χ2n) is 8.22. The van der Waals surface area contributed by atoms with Crippen LogP contribution in [0.4, 0.5) is 0 Å². The number of nitriles is 1. The molecule has 158 valence electrons. The van der Waals surface area contributed by atoms with E-state index in [1.165, 1.54) is 0 Å². The van der Waals surface area contributed by atoms with E-state index < -0.39 is 0 Å². The minimum absolute atomic E-state index is 0.0574. The summed E-state index contributed by atoms with van der Waals surface area (Å²) in [4.78, 5) is 17.3. The monoisotopic (exact) mass is 413 g/mol. The van der Waals surface area contributed by atoms with Crippen molar-refractivity contribution >= 4 is 16.9 Å². The normalized spacial score (nSPS) is 15.0. The van der Waals surface area contributed by atoms with Crippen LogP contribution in [-0.2, 0) is 16.1 Å². The fourth-order valence-corrected chi connectivity index (χ4v) is 4.40. The summed E-state index contributed by atoms with van der Waals surface area (Å²) in [6.07, 6.45) is 3.98. The molecule has 0 aliphatic heterocycles. The molecule has 2 aromatic carbocycles. The van der Waals surface area contributed by atoms with Gasteiger partial charge in [0.1, 0.15) is 0 Å². The molecule has 1 aromatic heterocycles. The molecule has 31 heavy (non-hydrogen) atoms. The van der Waals surface area contributed by atoms with Gasteiger partial charge in [-0.15, -0.1) is 0 Å². The topological polar surface area (TPSA) is 75.0 Å². The van der Waals surface area contributed by atoms with Gasteiger partial charge in [-0.05, 0) is 55.7 Å². The molecule has 4 rings (SSSR count). The van der Waals surface area contributed by atoms with Crippen LogP contribution in [0.25, 0.3) is 22.2 Å². The van der Waals surface area contributed by atoms with E-state index in [1.807, 2.05) is 43.3 Å². The van der Waals surface area contributed by atoms with Gasteiger partial charge in [0.25, 0.3) is 0 Å². The van der Waals surface area contributed by atoms with Gasteiger partial charge in [0.05, 0.1) is 34.9 Å². The number of benzene rings is 2. The Balaban J connectivity index is 1.44. The summed E-state index contributed by atoms with van der Waals surface area (Å²) in [6, 6.07) is 20.0. The zero-order valence-corrected chi connectivity index (χ0v) is 17.9. The van der Waals surface area contributed by atoms with E-state index >= 15 is 0 Å². The first-order valence-electron chi connectivity index (χ1n) is 10.9. The maximum absolute atomic E-state index is 12.5. The molecule has 0 amide bonds. The Bertz CT molecular complexity index is 1110. The van der Waals surface area contributed by atoms with Gasteiger partial charge in [-0.3, -0.25) is 4.79 Å². The quantitative estimate of drug-likeness (QED) is 0.553. The molecule has 5 nitrogen and oxygen atoms in total. The van der Waals surface area contributed by atoms with Crippen LogP contribution in [0.1, 0.15) is 43.7 Å². The molecule has 3 aromatic rings. The average Bonchev–Trinajstić information content (AvgIpc) is 3.29. The van der Waals surface area contributed by atoms with Crippen molar-refractivity contribution in [3.63, 3.8) is 0 Å². The van der Waals surface area contributed by atoms with Crippen molar-refractivity contribution in [3.8, 4) is 17.3 Å². The number of nitrogens with zero attached hydrogens (tertiary/aromatic N) is 2. The van der Waals surface area contributed by atoms with Crippen molar-refractivity contribution in [3.05, 3.63) is 65.7 Å². The number of hydrogen-bond acceptors (Lipinski definition) is 5. The van der Waals surface area contributed by atoms with Crippen molar-refractivity contribution in [1.82, 2.24) is 10.3 Å². The van der Waals surface area contributed by atoms with Crippen LogP contribution in [-0.4, -0.2) is 24.1 Å². The maximum Gasteiger partial charge on any atom is 0.313 e. The summed E-state index contributed by atoms with van der Waals surface area (Å²) >= 11 is 0.